The third-order valence-electron chi connectivity index (χ3n) is 7.35. The summed E-state index contributed by atoms with van der Waals surface area (Å²) >= 11 is 1.31. The topological polar surface area (TPSA) is 87.7 Å². The van der Waals surface area contributed by atoms with Crippen LogP contribution in [0, 0.1) is 13.8 Å². The van der Waals surface area contributed by atoms with Gasteiger partial charge >= 0.3 is 0 Å². The van der Waals surface area contributed by atoms with Gasteiger partial charge in [0.2, 0.25) is 11.8 Å². The van der Waals surface area contributed by atoms with Crippen LogP contribution in [0.1, 0.15) is 49.1 Å². The van der Waals surface area contributed by atoms with E-state index in [1.165, 1.54) is 11.8 Å². The molecule has 8 nitrogen and oxygen atoms in total. The average molecular weight is 562 g/mol. The van der Waals surface area contributed by atoms with Crippen molar-refractivity contribution in [2.24, 2.45) is 0 Å². The molecule has 1 aromatic heterocycles. The highest BCUT2D eigenvalue weighted by molar-refractivity contribution is 7.99. The van der Waals surface area contributed by atoms with Crippen molar-refractivity contribution in [3.05, 3.63) is 71.5 Å². The molecule has 2 aromatic carbocycles. The number of aryl methyl sites for hydroxylation is 2. The maximum absolute atomic E-state index is 14.1. The van der Waals surface area contributed by atoms with Gasteiger partial charge in [0.1, 0.15) is 11.3 Å². The minimum atomic E-state index is -0.959. The smallest absolute Gasteiger partial charge is 0.250 e. The van der Waals surface area contributed by atoms with Crippen molar-refractivity contribution in [3.63, 3.8) is 0 Å². The number of benzene rings is 2. The van der Waals surface area contributed by atoms with Crippen molar-refractivity contribution in [3.8, 4) is 5.75 Å². The van der Waals surface area contributed by atoms with Crippen LogP contribution >= 0.6 is 11.8 Å². The van der Waals surface area contributed by atoms with Gasteiger partial charge in [0.25, 0.3) is 0 Å². The number of rotatable bonds is 10. The number of carbonyl (C=O) groups is 2. The minimum Gasteiger partial charge on any atom is -0.497 e. The van der Waals surface area contributed by atoms with E-state index >= 15 is 0 Å². The Labute approximate surface area is 241 Å². The summed E-state index contributed by atoms with van der Waals surface area (Å²) in [5.41, 5.74) is 3.47. The summed E-state index contributed by atoms with van der Waals surface area (Å²) in [4.78, 5) is 41.0. The van der Waals surface area contributed by atoms with Gasteiger partial charge in [0, 0.05) is 43.4 Å². The molecular weight excluding hydrogens is 522 g/mol. The molecule has 1 fully saturated rings. The molecule has 9 heteroatoms. The van der Waals surface area contributed by atoms with Gasteiger partial charge in [-0.1, -0.05) is 43.2 Å². The first-order chi connectivity index (χ1) is 19.2. The summed E-state index contributed by atoms with van der Waals surface area (Å²) in [6.45, 7) is 4.16. The molecule has 0 aliphatic heterocycles. The van der Waals surface area contributed by atoms with E-state index in [0.29, 0.717) is 24.5 Å². The van der Waals surface area contributed by atoms with Crippen LogP contribution in [-0.4, -0.2) is 59.2 Å². The second kappa shape index (κ2) is 13.2. The van der Waals surface area contributed by atoms with Gasteiger partial charge in [-0.2, -0.15) is 0 Å². The number of hydrogen-bond acceptors (Lipinski definition) is 7. The van der Waals surface area contributed by atoms with Crippen LogP contribution in [0.15, 0.2) is 59.8 Å². The maximum atomic E-state index is 14.1. The van der Waals surface area contributed by atoms with E-state index in [4.69, 9.17) is 4.74 Å². The SMILES string of the molecule is COc1ccc(CN(C(=O)CSc2nc(C)cc(C)n2)C2(C(=O)Nc3ccc(N(C)C)cc3)CCCCC2)cc1. The van der Waals surface area contributed by atoms with E-state index in [-0.39, 0.29) is 17.6 Å². The normalized spacial score (nSPS) is 14.3. The zero-order valence-corrected chi connectivity index (χ0v) is 24.9. The second-order valence-corrected chi connectivity index (χ2v) is 11.5. The van der Waals surface area contributed by atoms with Crippen LogP contribution < -0.4 is 15.0 Å². The first-order valence-electron chi connectivity index (χ1n) is 13.7. The highest BCUT2D eigenvalue weighted by Gasteiger charge is 2.47. The van der Waals surface area contributed by atoms with Crippen molar-refractivity contribution in [1.82, 2.24) is 14.9 Å². The standard InChI is InChI=1S/C31H39N5O3S/c1-22-19-23(2)33-30(32-22)40-21-28(37)36(20-24-9-15-27(39-5)16-10-24)31(17-7-6-8-18-31)29(38)34-25-11-13-26(14-12-25)35(3)4/h9-16,19H,6-8,17-18,20-21H2,1-5H3,(H,34,38). The lowest BCUT2D eigenvalue weighted by Gasteiger charge is -2.45. The number of hydrogen-bond donors (Lipinski definition) is 1. The van der Waals surface area contributed by atoms with Gasteiger partial charge in [-0.05, 0) is 74.7 Å². The predicted molar refractivity (Wildman–Crippen MR) is 161 cm³/mol. The second-order valence-electron chi connectivity index (χ2n) is 10.5. The summed E-state index contributed by atoms with van der Waals surface area (Å²) in [6.07, 6.45) is 4.03. The lowest BCUT2D eigenvalue weighted by molar-refractivity contribution is -0.146. The van der Waals surface area contributed by atoms with Crippen LogP contribution in [0.2, 0.25) is 0 Å². The fraction of sp³-hybridized carbons (Fsp3) is 0.419. The van der Waals surface area contributed by atoms with Gasteiger partial charge in [-0.15, -0.1) is 0 Å². The summed E-state index contributed by atoms with van der Waals surface area (Å²) in [6, 6.07) is 17.4. The van der Waals surface area contributed by atoms with Gasteiger partial charge in [0.05, 0.1) is 12.9 Å². The Morgan fingerprint density at radius 2 is 1.57 bits per heavy atom. The van der Waals surface area contributed by atoms with E-state index in [2.05, 4.69) is 15.3 Å². The number of anilines is 2. The quantitative estimate of drug-likeness (QED) is 0.254. The van der Waals surface area contributed by atoms with E-state index in [9.17, 15) is 9.59 Å². The molecule has 0 unspecified atom stereocenters. The van der Waals surface area contributed by atoms with Gasteiger partial charge in [-0.3, -0.25) is 9.59 Å². The number of ether oxygens (including phenoxy) is 1. The van der Waals surface area contributed by atoms with Crippen LogP contribution in [0.3, 0.4) is 0 Å². The Morgan fingerprint density at radius 3 is 2.15 bits per heavy atom. The summed E-state index contributed by atoms with van der Waals surface area (Å²) in [5.74, 6) is 0.643. The number of nitrogens with zero attached hydrogens (tertiary/aromatic N) is 4. The predicted octanol–water partition coefficient (Wildman–Crippen LogP) is 5.63. The molecule has 4 rings (SSSR count). The zero-order valence-electron chi connectivity index (χ0n) is 24.1. The molecule has 0 spiro atoms. The molecule has 1 aliphatic rings. The van der Waals surface area contributed by atoms with Crippen molar-refractivity contribution in [1.29, 1.82) is 0 Å². The Kier molecular flexibility index (Phi) is 9.68. The molecule has 0 bridgehead atoms. The van der Waals surface area contributed by atoms with E-state index in [1.807, 2.05) is 87.4 Å². The zero-order chi connectivity index (χ0) is 28.7. The van der Waals surface area contributed by atoms with Gasteiger partial charge in [0.15, 0.2) is 5.16 Å². The first-order valence-corrected chi connectivity index (χ1v) is 14.7. The van der Waals surface area contributed by atoms with Crippen LogP contribution in [0.4, 0.5) is 11.4 Å². The highest BCUT2D eigenvalue weighted by atomic mass is 32.2. The third-order valence-corrected chi connectivity index (χ3v) is 8.18. The van der Waals surface area contributed by atoms with E-state index in [1.54, 1.807) is 12.0 Å². The molecular formula is C31H39N5O3S. The fourth-order valence-electron chi connectivity index (χ4n) is 5.20. The number of aromatic nitrogens is 2. The third kappa shape index (κ3) is 7.13. The Balaban J connectivity index is 1.64. The number of nitrogens with one attached hydrogen (secondary N) is 1. The molecule has 2 amide bonds. The van der Waals surface area contributed by atoms with Crippen molar-refractivity contribution in [2.75, 3.05) is 37.2 Å². The summed E-state index contributed by atoms with van der Waals surface area (Å²) in [5, 5.41) is 3.71. The molecule has 212 valence electrons. The fourth-order valence-corrected chi connectivity index (χ4v) is 6.03. The molecule has 1 N–H and O–H groups in total. The Bertz CT molecular complexity index is 1290. The summed E-state index contributed by atoms with van der Waals surface area (Å²) < 4.78 is 5.33. The average Bonchev–Trinajstić information content (AvgIpc) is 2.95. The number of carbonyl (C=O) groups excluding carboxylic acids is 2. The van der Waals surface area contributed by atoms with Crippen LogP contribution in [0.5, 0.6) is 5.75 Å². The van der Waals surface area contributed by atoms with E-state index < -0.39 is 5.54 Å². The first kappa shape index (κ1) is 29.4. The van der Waals surface area contributed by atoms with Crippen molar-refractivity contribution < 1.29 is 14.3 Å². The maximum Gasteiger partial charge on any atom is 0.250 e. The molecule has 0 atom stereocenters. The monoisotopic (exact) mass is 561 g/mol. The van der Waals surface area contributed by atoms with Gasteiger partial charge in [-0.25, -0.2) is 9.97 Å². The number of methoxy groups -OCH3 is 1. The molecule has 0 radical (unpaired) electrons. The molecule has 0 saturated heterocycles. The highest BCUT2D eigenvalue weighted by Crippen LogP contribution is 2.37. The minimum absolute atomic E-state index is 0.108. The van der Waals surface area contributed by atoms with E-state index in [0.717, 1.165) is 53.3 Å². The summed E-state index contributed by atoms with van der Waals surface area (Å²) in [7, 11) is 5.59. The Hall–Kier alpha value is -3.59. The number of thioether (sulfide) groups is 1. The van der Waals surface area contributed by atoms with Crippen molar-refractivity contribution in [2.45, 2.75) is 63.2 Å². The molecule has 40 heavy (non-hydrogen) atoms. The molecule has 1 saturated carbocycles. The lowest BCUT2D eigenvalue weighted by Crippen LogP contribution is -2.60. The van der Waals surface area contributed by atoms with Crippen LogP contribution in [-0.2, 0) is 16.1 Å². The molecule has 1 heterocycles. The largest absolute Gasteiger partial charge is 0.497 e. The molecule has 1 aliphatic carbocycles. The number of amides is 2. The molecule has 3 aromatic rings. The van der Waals surface area contributed by atoms with Gasteiger partial charge < -0.3 is 19.9 Å². The Morgan fingerprint density at radius 1 is 0.950 bits per heavy atom. The van der Waals surface area contributed by atoms with Crippen LogP contribution in [0.25, 0.3) is 0 Å². The van der Waals surface area contributed by atoms with Crippen molar-refractivity contribution >= 4 is 35.0 Å². The lowest BCUT2D eigenvalue weighted by atomic mass is 9.79.